The quantitative estimate of drug-likeness (QED) is 0.298. The van der Waals surface area contributed by atoms with Crippen LogP contribution in [-0.2, 0) is 9.53 Å². The van der Waals surface area contributed by atoms with Gasteiger partial charge in [0.25, 0.3) is 0 Å². The van der Waals surface area contributed by atoms with Crippen molar-refractivity contribution < 1.29 is 19.7 Å². The molecule has 0 fully saturated rings. The van der Waals surface area contributed by atoms with E-state index in [1.165, 1.54) is 57.8 Å². The van der Waals surface area contributed by atoms with Crippen LogP contribution in [0.3, 0.4) is 0 Å². The number of unbranched alkanes of at least 4 members (excludes halogenated alkanes) is 9. The molecular weight excluding hydrogens is 268 g/mol. The summed E-state index contributed by atoms with van der Waals surface area (Å²) in [4.78, 5) is 9.86. The molecule has 0 heterocycles. The normalized spacial score (nSPS) is 9.67. The molecule has 4 heteroatoms. The van der Waals surface area contributed by atoms with Crippen LogP contribution in [-0.4, -0.2) is 29.4 Å². The smallest absolute Gasteiger partial charge is 0.370 e. The van der Waals surface area contributed by atoms with E-state index in [1.807, 2.05) is 0 Å². The van der Waals surface area contributed by atoms with E-state index in [9.17, 15) is 4.79 Å². The zero-order chi connectivity index (χ0) is 16.3. The first-order chi connectivity index (χ1) is 10.1. The molecule has 0 atom stereocenters. The predicted molar refractivity (Wildman–Crippen MR) is 87.3 cm³/mol. The second-order valence-electron chi connectivity index (χ2n) is 5.07. The molecule has 0 unspecified atom stereocenters. The number of aliphatic hydroxyl groups is 1. The lowest BCUT2D eigenvalue weighted by Crippen LogP contribution is -2.02. The lowest BCUT2D eigenvalue weighted by atomic mass is 10.1. The molecular formula is C17H34O4. The Morgan fingerprint density at radius 3 is 1.62 bits per heavy atom. The van der Waals surface area contributed by atoms with E-state index in [2.05, 4.69) is 18.2 Å². The SMILES string of the molecule is C=C(OCC)C(=O)O.CCCCCCCCCCCCO. The average Bonchev–Trinajstić information content (AvgIpc) is 2.46. The fourth-order valence-electron chi connectivity index (χ4n) is 1.84. The van der Waals surface area contributed by atoms with Gasteiger partial charge < -0.3 is 14.9 Å². The third-order valence-electron chi connectivity index (χ3n) is 3.07. The molecule has 0 aromatic heterocycles. The van der Waals surface area contributed by atoms with Gasteiger partial charge >= 0.3 is 5.97 Å². The molecule has 0 aromatic carbocycles. The zero-order valence-electron chi connectivity index (χ0n) is 13.9. The molecule has 0 aliphatic carbocycles. The molecule has 0 saturated heterocycles. The highest BCUT2D eigenvalue weighted by atomic mass is 16.5. The van der Waals surface area contributed by atoms with Crippen LogP contribution in [0.5, 0.6) is 0 Å². The van der Waals surface area contributed by atoms with Gasteiger partial charge in [-0.15, -0.1) is 0 Å². The lowest BCUT2D eigenvalue weighted by Gasteiger charge is -2.00. The van der Waals surface area contributed by atoms with Gasteiger partial charge in [-0.05, 0) is 19.9 Å². The topological polar surface area (TPSA) is 66.8 Å². The highest BCUT2D eigenvalue weighted by Gasteiger charge is 2.00. The van der Waals surface area contributed by atoms with Crippen LogP contribution in [0.15, 0.2) is 12.3 Å². The summed E-state index contributed by atoms with van der Waals surface area (Å²) in [5.74, 6) is -1.31. The first-order valence-electron chi connectivity index (χ1n) is 8.25. The van der Waals surface area contributed by atoms with Crippen LogP contribution in [0.2, 0.25) is 0 Å². The van der Waals surface area contributed by atoms with Crippen LogP contribution < -0.4 is 0 Å². The fourth-order valence-corrected chi connectivity index (χ4v) is 1.84. The third-order valence-corrected chi connectivity index (χ3v) is 3.07. The Hall–Kier alpha value is -1.03. The van der Waals surface area contributed by atoms with Crippen molar-refractivity contribution in [2.75, 3.05) is 13.2 Å². The van der Waals surface area contributed by atoms with Crippen LogP contribution in [0.4, 0.5) is 0 Å². The number of carboxylic acid groups (broad SMARTS) is 1. The number of ether oxygens (including phenoxy) is 1. The largest absolute Gasteiger partial charge is 0.487 e. The Balaban J connectivity index is 0. The fraction of sp³-hybridized carbons (Fsp3) is 0.824. The highest BCUT2D eigenvalue weighted by molar-refractivity contribution is 5.83. The van der Waals surface area contributed by atoms with Gasteiger partial charge in [0, 0.05) is 6.61 Å². The summed E-state index contributed by atoms with van der Waals surface area (Å²) in [6.45, 7) is 7.81. The summed E-state index contributed by atoms with van der Waals surface area (Å²) in [6.07, 6.45) is 13.3. The Morgan fingerprint density at radius 2 is 1.33 bits per heavy atom. The van der Waals surface area contributed by atoms with Gasteiger partial charge in [-0.3, -0.25) is 0 Å². The van der Waals surface area contributed by atoms with Gasteiger partial charge in [0.1, 0.15) is 0 Å². The predicted octanol–water partition coefficient (Wildman–Crippen LogP) is 4.52. The van der Waals surface area contributed by atoms with Gasteiger partial charge in [0.05, 0.1) is 6.61 Å². The average molecular weight is 302 g/mol. The second-order valence-corrected chi connectivity index (χ2v) is 5.07. The Morgan fingerprint density at radius 1 is 0.905 bits per heavy atom. The van der Waals surface area contributed by atoms with E-state index >= 15 is 0 Å². The van der Waals surface area contributed by atoms with Crippen LogP contribution in [0.25, 0.3) is 0 Å². The molecule has 0 aliphatic rings. The summed E-state index contributed by atoms with van der Waals surface area (Å²) < 4.78 is 4.51. The molecule has 0 aliphatic heterocycles. The van der Waals surface area contributed by atoms with Crippen molar-refractivity contribution in [3.8, 4) is 0 Å². The molecule has 0 radical (unpaired) electrons. The monoisotopic (exact) mass is 302 g/mol. The van der Waals surface area contributed by atoms with E-state index in [0.717, 1.165) is 6.42 Å². The molecule has 4 nitrogen and oxygen atoms in total. The molecule has 0 rings (SSSR count). The first-order valence-corrected chi connectivity index (χ1v) is 8.25. The van der Waals surface area contributed by atoms with Crippen molar-refractivity contribution in [2.45, 2.75) is 78.1 Å². The van der Waals surface area contributed by atoms with Crippen molar-refractivity contribution in [3.63, 3.8) is 0 Å². The number of hydrogen-bond acceptors (Lipinski definition) is 3. The number of carbonyl (C=O) groups is 1. The number of aliphatic hydroxyl groups excluding tert-OH is 1. The minimum atomic E-state index is -1.10. The number of hydrogen-bond donors (Lipinski definition) is 2. The Bertz CT molecular complexity index is 229. The number of aliphatic carboxylic acids is 1. The highest BCUT2D eigenvalue weighted by Crippen LogP contribution is 2.09. The summed E-state index contributed by atoms with van der Waals surface area (Å²) in [5.41, 5.74) is 0. The van der Waals surface area contributed by atoms with Crippen LogP contribution in [0, 0.1) is 0 Å². The Labute approximate surface area is 130 Å². The summed E-state index contributed by atoms with van der Waals surface area (Å²) in [5, 5.41) is 16.7. The van der Waals surface area contributed by atoms with Gasteiger partial charge in [0.2, 0.25) is 0 Å². The summed E-state index contributed by atoms with van der Waals surface area (Å²) in [7, 11) is 0. The number of carboxylic acids is 1. The standard InChI is InChI=1S/C12H26O.C5H8O3/c1-2-3-4-5-6-7-8-9-10-11-12-13;1-3-8-4(2)5(6)7/h13H,2-12H2,1H3;2-3H2,1H3,(H,6,7). The van der Waals surface area contributed by atoms with Crippen molar-refractivity contribution in [3.05, 3.63) is 12.3 Å². The maximum atomic E-state index is 9.86. The zero-order valence-corrected chi connectivity index (χ0v) is 13.9. The van der Waals surface area contributed by atoms with E-state index in [-0.39, 0.29) is 5.76 Å². The van der Waals surface area contributed by atoms with Crippen LogP contribution >= 0.6 is 0 Å². The molecule has 126 valence electrons. The summed E-state index contributed by atoms with van der Waals surface area (Å²) >= 11 is 0. The van der Waals surface area contributed by atoms with Crippen molar-refractivity contribution in [1.82, 2.24) is 0 Å². The maximum Gasteiger partial charge on any atom is 0.370 e. The van der Waals surface area contributed by atoms with Gasteiger partial charge in [-0.1, -0.05) is 64.7 Å². The van der Waals surface area contributed by atoms with Gasteiger partial charge in [-0.2, -0.15) is 0 Å². The number of rotatable bonds is 13. The van der Waals surface area contributed by atoms with Crippen LogP contribution in [0.1, 0.15) is 78.1 Å². The molecule has 0 amide bonds. The third kappa shape index (κ3) is 21.4. The molecule has 0 spiro atoms. The van der Waals surface area contributed by atoms with Crippen molar-refractivity contribution in [1.29, 1.82) is 0 Å². The van der Waals surface area contributed by atoms with Crippen molar-refractivity contribution >= 4 is 5.97 Å². The van der Waals surface area contributed by atoms with E-state index in [1.54, 1.807) is 6.92 Å². The van der Waals surface area contributed by atoms with E-state index < -0.39 is 5.97 Å². The van der Waals surface area contributed by atoms with E-state index in [4.69, 9.17) is 10.2 Å². The van der Waals surface area contributed by atoms with Crippen molar-refractivity contribution in [2.24, 2.45) is 0 Å². The minimum absolute atomic E-state index is 0.201. The van der Waals surface area contributed by atoms with Gasteiger partial charge in [-0.25, -0.2) is 4.79 Å². The first kappa shape index (κ1) is 22.3. The molecule has 2 N–H and O–H groups in total. The second kappa shape index (κ2) is 19.0. The molecule has 0 bridgehead atoms. The van der Waals surface area contributed by atoms with Gasteiger partial charge in [0.15, 0.2) is 5.76 Å². The lowest BCUT2D eigenvalue weighted by molar-refractivity contribution is -0.136. The molecule has 0 aromatic rings. The Kier molecular flexibility index (Phi) is 20.1. The molecule has 21 heavy (non-hydrogen) atoms. The minimum Gasteiger partial charge on any atom is -0.487 e. The summed E-state index contributed by atoms with van der Waals surface area (Å²) in [6, 6.07) is 0. The maximum absolute atomic E-state index is 9.86. The van der Waals surface area contributed by atoms with E-state index in [0.29, 0.717) is 13.2 Å². The molecule has 0 saturated carbocycles.